The molecule has 0 unspecified atom stereocenters. The highest BCUT2D eigenvalue weighted by Crippen LogP contribution is 2.30. The number of hydrogen-bond donors (Lipinski definition) is 0. The molecule has 0 aliphatic heterocycles. The highest BCUT2D eigenvalue weighted by Gasteiger charge is 2.19. The molecule has 2 aromatic heterocycles. The van der Waals surface area contributed by atoms with Gasteiger partial charge in [-0.25, -0.2) is 14.8 Å². The Hall–Kier alpha value is -2.51. The molecular weight excluding hydrogens is 374 g/mol. The highest BCUT2D eigenvalue weighted by atomic mass is 32.1. The van der Waals surface area contributed by atoms with Gasteiger partial charge in [-0.05, 0) is 51.6 Å². The first-order valence-electron chi connectivity index (χ1n) is 9.22. The number of thiazole rings is 1. The molecule has 0 fully saturated rings. The van der Waals surface area contributed by atoms with Crippen LogP contribution >= 0.6 is 11.3 Å². The second-order valence-electron chi connectivity index (χ2n) is 6.71. The van der Waals surface area contributed by atoms with Gasteiger partial charge in [0, 0.05) is 23.0 Å². The number of aromatic nitrogens is 2. The van der Waals surface area contributed by atoms with Crippen LogP contribution in [-0.4, -0.2) is 35.0 Å². The lowest BCUT2D eigenvalue weighted by atomic mass is 10.1. The van der Waals surface area contributed by atoms with Crippen LogP contribution < -0.4 is 0 Å². The summed E-state index contributed by atoms with van der Waals surface area (Å²) in [6.45, 7) is 7.06. The van der Waals surface area contributed by atoms with Crippen LogP contribution in [0.2, 0.25) is 0 Å². The van der Waals surface area contributed by atoms with Gasteiger partial charge in [-0.1, -0.05) is 6.92 Å². The Morgan fingerprint density at radius 3 is 2.61 bits per heavy atom. The summed E-state index contributed by atoms with van der Waals surface area (Å²) in [5.41, 5.74) is 3.28. The fourth-order valence-electron chi connectivity index (χ4n) is 2.98. The minimum atomic E-state index is -0.361. The first-order valence-corrected chi connectivity index (χ1v) is 10.0. The molecule has 28 heavy (non-hydrogen) atoms. The third-order valence-electron chi connectivity index (χ3n) is 4.74. The van der Waals surface area contributed by atoms with E-state index in [1.807, 2.05) is 0 Å². The highest BCUT2D eigenvalue weighted by molar-refractivity contribution is 7.11. The van der Waals surface area contributed by atoms with Crippen molar-refractivity contribution in [3.05, 3.63) is 57.4 Å². The second-order valence-corrected chi connectivity index (χ2v) is 7.83. The van der Waals surface area contributed by atoms with Gasteiger partial charge < -0.3 is 9.15 Å². The Bertz CT molecular complexity index is 946. The molecule has 0 spiro atoms. The number of ether oxygens (including phenoxy) is 1. The molecule has 0 saturated carbocycles. The van der Waals surface area contributed by atoms with Crippen LogP contribution in [0.3, 0.4) is 0 Å². The predicted molar refractivity (Wildman–Crippen MR) is 109 cm³/mol. The molecule has 6 nitrogen and oxygen atoms in total. The number of aryl methyl sites for hydroxylation is 2. The molecule has 0 N–H and O–H groups in total. The van der Waals surface area contributed by atoms with E-state index >= 15 is 0 Å². The monoisotopic (exact) mass is 399 g/mol. The maximum atomic E-state index is 11.5. The summed E-state index contributed by atoms with van der Waals surface area (Å²) >= 11 is 1.78. The van der Waals surface area contributed by atoms with E-state index in [0.717, 1.165) is 23.4 Å². The summed E-state index contributed by atoms with van der Waals surface area (Å²) < 4.78 is 10.4. The molecular formula is C21H25N3O3S. The summed E-state index contributed by atoms with van der Waals surface area (Å²) in [4.78, 5) is 24.3. The third kappa shape index (κ3) is 4.31. The van der Waals surface area contributed by atoms with Crippen LogP contribution in [0.4, 0.5) is 0 Å². The average molecular weight is 400 g/mol. The Morgan fingerprint density at radius 1 is 1.29 bits per heavy atom. The van der Waals surface area contributed by atoms with Crippen molar-refractivity contribution in [3.8, 4) is 11.5 Å². The predicted octanol–water partition coefficient (Wildman–Crippen LogP) is 4.65. The van der Waals surface area contributed by atoms with E-state index in [9.17, 15) is 4.79 Å². The summed E-state index contributed by atoms with van der Waals surface area (Å²) in [5, 5.41) is 1.17. The molecule has 0 bridgehead atoms. The number of carbonyl (C=O) groups is 1. The van der Waals surface area contributed by atoms with E-state index in [2.05, 4.69) is 42.7 Å². The molecule has 0 aliphatic carbocycles. The van der Waals surface area contributed by atoms with E-state index in [0.29, 0.717) is 18.0 Å². The number of methoxy groups -OCH3 is 1. The van der Waals surface area contributed by atoms with Gasteiger partial charge in [0.1, 0.15) is 6.26 Å². The normalized spacial score (nSPS) is 12.4. The van der Waals surface area contributed by atoms with E-state index < -0.39 is 0 Å². The van der Waals surface area contributed by atoms with E-state index in [1.54, 1.807) is 41.9 Å². The number of oxazole rings is 1. The molecule has 1 atom stereocenters. The smallest absolute Gasteiger partial charge is 0.337 e. The average Bonchev–Trinajstić information content (AvgIpc) is 3.33. The molecule has 2 heterocycles. The minimum Gasteiger partial charge on any atom is -0.465 e. The van der Waals surface area contributed by atoms with Crippen LogP contribution in [0.15, 0.2) is 34.9 Å². The summed E-state index contributed by atoms with van der Waals surface area (Å²) in [7, 11) is 3.44. The van der Waals surface area contributed by atoms with E-state index in [4.69, 9.17) is 9.15 Å². The van der Waals surface area contributed by atoms with Gasteiger partial charge in [0.2, 0.25) is 5.89 Å². The Balaban J connectivity index is 1.69. The standard InChI is InChI=1S/C21H25N3O3S/c1-6-18-22-13(2)19(28-18)14(3)24(4)11-17-12-27-20(23-17)15-7-9-16(10-8-15)21(25)26-5/h7-10,12,14H,6,11H2,1-5H3/t14-/m0/s1. The lowest BCUT2D eigenvalue weighted by Gasteiger charge is -2.23. The molecule has 0 amide bonds. The quantitative estimate of drug-likeness (QED) is 0.539. The Labute approximate surface area is 169 Å². The van der Waals surface area contributed by atoms with Gasteiger partial charge in [-0.15, -0.1) is 11.3 Å². The topological polar surface area (TPSA) is 68.5 Å². The fourth-order valence-corrected chi connectivity index (χ4v) is 4.10. The first kappa shape index (κ1) is 20.2. The summed E-state index contributed by atoms with van der Waals surface area (Å²) in [6.07, 6.45) is 2.65. The van der Waals surface area contributed by atoms with Crippen LogP contribution in [0, 0.1) is 6.92 Å². The first-order chi connectivity index (χ1) is 13.4. The number of rotatable bonds is 7. The second kappa shape index (κ2) is 8.67. The van der Waals surface area contributed by atoms with Gasteiger partial charge in [-0.2, -0.15) is 0 Å². The molecule has 1 aromatic carbocycles. The van der Waals surface area contributed by atoms with Crippen molar-refractivity contribution in [3.63, 3.8) is 0 Å². The molecule has 0 saturated heterocycles. The van der Waals surface area contributed by atoms with E-state index in [-0.39, 0.29) is 12.0 Å². The van der Waals surface area contributed by atoms with Crippen LogP contribution in [-0.2, 0) is 17.7 Å². The fraction of sp³-hybridized carbons (Fsp3) is 0.381. The van der Waals surface area contributed by atoms with Gasteiger partial charge in [0.05, 0.1) is 29.1 Å². The maximum absolute atomic E-state index is 11.5. The van der Waals surface area contributed by atoms with Gasteiger partial charge >= 0.3 is 5.97 Å². The lowest BCUT2D eigenvalue weighted by Crippen LogP contribution is -2.22. The summed E-state index contributed by atoms with van der Waals surface area (Å²) in [6, 6.07) is 7.27. The number of nitrogens with zero attached hydrogens (tertiary/aromatic N) is 3. The zero-order valence-corrected chi connectivity index (χ0v) is 17.7. The SMILES string of the molecule is CCc1nc(C)c([C@H](C)N(C)Cc2coc(-c3ccc(C(=O)OC)cc3)n2)s1. The van der Waals surface area contributed by atoms with Gasteiger partial charge in [0.25, 0.3) is 0 Å². The van der Waals surface area contributed by atoms with Crippen molar-refractivity contribution >= 4 is 17.3 Å². The van der Waals surface area contributed by atoms with Crippen LogP contribution in [0.1, 0.15) is 51.5 Å². The molecule has 0 radical (unpaired) electrons. The van der Waals surface area contributed by atoms with Crippen molar-refractivity contribution in [2.24, 2.45) is 0 Å². The molecule has 148 valence electrons. The number of esters is 1. The Kier molecular flexibility index (Phi) is 6.26. The van der Waals surface area contributed by atoms with Crippen molar-refractivity contribution in [2.45, 2.75) is 39.8 Å². The number of benzene rings is 1. The minimum absolute atomic E-state index is 0.247. The Morgan fingerprint density at radius 2 is 2.00 bits per heavy atom. The van der Waals surface area contributed by atoms with Crippen molar-refractivity contribution in [2.75, 3.05) is 14.2 Å². The van der Waals surface area contributed by atoms with Crippen LogP contribution in [0.5, 0.6) is 0 Å². The van der Waals surface area contributed by atoms with Crippen LogP contribution in [0.25, 0.3) is 11.5 Å². The number of carbonyl (C=O) groups excluding carboxylic acids is 1. The molecule has 7 heteroatoms. The lowest BCUT2D eigenvalue weighted by molar-refractivity contribution is 0.0600. The number of hydrogen-bond acceptors (Lipinski definition) is 7. The third-order valence-corrected chi connectivity index (χ3v) is 6.21. The van der Waals surface area contributed by atoms with Gasteiger partial charge in [0.15, 0.2) is 0 Å². The molecule has 0 aliphatic rings. The maximum Gasteiger partial charge on any atom is 0.337 e. The van der Waals surface area contributed by atoms with Gasteiger partial charge in [-0.3, -0.25) is 4.90 Å². The zero-order valence-electron chi connectivity index (χ0n) is 16.9. The van der Waals surface area contributed by atoms with Crippen molar-refractivity contribution in [1.29, 1.82) is 0 Å². The summed E-state index contributed by atoms with van der Waals surface area (Å²) in [5.74, 6) is 0.176. The zero-order chi connectivity index (χ0) is 20.3. The molecule has 3 aromatic rings. The van der Waals surface area contributed by atoms with Crippen molar-refractivity contribution < 1.29 is 13.9 Å². The van der Waals surface area contributed by atoms with E-state index in [1.165, 1.54) is 17.0 Å². The van der Waals surface area contributed by atoms with Crippen molar-refractivity contribution in [1.82, 2.24) is 14.9 Å². The largest absolute Gasteiger partial charge is 0.465 e. The molecule has 3 rings (SSSR count).